The van der Waals surface area contributed by atoms with Gasteiger partial charge in [-0.2, -0.15) is 16.8 Å². The number of fused-ring (bicyclic) bond motifs is 2. The summed E-state index contributed by atoms with van der Waals surface area (Å²) in [6, 6.07) is 15.3. The summed E-state index contributed by atoms with van der Waals surface area (Å²) in [6.45, 7) is 7.85. The predicted molar refractivity (Wildman–Crippen MR) is 146 cm³/mol. The van der Waals surface area contributed by atoms with Gasteiger partial charge in [-0.05, 0) is 70.1 Å². The van der Waals surface area contributed by atoms with Crippen LogP contribution in [0.25, 0.3) is 0 Å². The highest BCUT2D eigenvalue weighted by atomic mass is 35.5. The number of likely N-dealkylation sites (tertiary alicyclic amines) is 1. The minimum Gasteiger partial charge on any atom is -0.349 e. The molecule has 206 valence electrons. The maximum Gasteiger partial charge on any atom is 0.294 e. The van der Waals surface area contributed by atoms with E-state index < -0.39 is 20.2 Å². The van der Waals surface area contributed by atoms with Gasteiger partial charge in [0, 0.05) is 25.2 Å². The van der Waals surface area contributed by atoms with Crippen LogP contribution >= 0.6 is 11.6 Å². The van der Waals surface area contributed by atoms with E-state index in [0.29, 0.717) is 17.2 Å². The van der Waals surface area contributed by atoms with Gasteiger partial charge in [-0.3, -0.25) is 14.0 Å². The van der Waals surface area contributed by atoms with Crippen molar-refractivity contribution in [2.45, 2.75) is 49.1 Å². The maximum absolute atomic E-state index is 10.5. The van der Waals surface area contributed by atoms with Crippen molar-refractivity contribution in [3.05, 3.63) is 76.4 Å². The third-order valence-corrected chi connectivity index (χ3v) is 8.47. The number of aromatic nitrogens is 2. The Hall–Kier alpha value is -2.61. The molecule has 3 heterocycles. The largest absolute Gasteiger partial charge is 0.349 e. The van der Waals surface area contributed by atoms with Gasteiger partial charge in [-0.1, -0.05) is 47.0 Å². The number of aryl methyl sites for hydroxylation is 3. The lowest BCUT2D eigenvalue weighted by Crippen LogP contribution is -2.45. The Morgan fingerprint density at radius 1 is 0.789 bits per heavy atom. The second kappa shape index (κ2) is 12.1. The molecule has 38 heavy (non-hydrogen) atoms. The molecule has 3 aromatic rings. The van der Waals surface area contributed by atoms with Crippen molar-refractivity contribution >= 4 is 37.7 Å². The molecule has 0 unspecified atom stereocenters. The molecule has 2 aliphatic heterocycles. The van der Waals surface area contributed by atoms with Gasteiger partial charge in [0.15, 0.2) is 11.0 Å². The Balaban J connectivity index is 0.000000163. The molecule has 2 aromatic carbocycles. The van der Waals surface area contributed by atoms with Crippen LogP contribution in [0.4, 0.5) is 5.82 Å². The molecule has 0 aliphatic carbocycles. The number of rotatable bonds is 3. The Kier molecular flexibility index (Phi) is 9.50. The first-order chi connectivity index (χ1) is 17.6. The fraction of sp³-hybridized carbons (Fsp3) is 0.360. The van der Waals surface area contributed by atoms with E-state index in [2.05, 4.69) is 27.0 Å². The van der Waals surface area contributed by atoms with E-state index in [4.69, 9.17) is 20.7 Å². The molecule has 2 aliphatic rings. The van der Waals surface area contributed by atoms with Crippen LogP contribution in [-0.2, 0) is 20.2 Å². The van der Waals surface area contributed by atoms with Crippen LogP contribution in [0.3, 0.4) is 0 Å². The van der Waals surface area contributed by atoms with E-state index in [-0.39, 0.29) is 9.79 Å². The summed E-state index contributed by atoms with van der Waals surface area (Å²) in [5, 5.41) is 8.68. The summed E-state index contributed by atoms with van der Waals surface area (Å²) in [4.78, 5) is 4.66. The number of halogens is 1. The van der Waals surface area contributed by atoms with Crippen LogP contribution < -0.4 is 4.90 Å². The van der Waals surface area contributed by atoms with Gasteiger partial charge >= 0.3 is 0 Å². The van der Waals surface area contributed by atoms with Gasteiger partial charge < -0.3 is 4.90 Å². The van der Waals surface area contributed by atoms with Crippen LogP contribution in [0.15, 0.2) is 64.4 Å². The van der Waals surface area contributed by atoms with Crippen molar-refractivity contribution in [3.63, 3.8) is 0 Å². The highest BCUT2D eigenvalue weighted by molar-refractivity contribution is 7.86. The Labute approximate surface area is 228 Å². The highest BCUT2D eigenvalue weighted by Crippen LogP contribution is 2.33. The number of nitrogens with zero attached hydrogens (tertiary/aromatic N) is 4. The smallest absolute Gasteiger partial charge is 0.294 e. The molecule has 0 saturated carbocycles. The van der Waals surface area contributed by atoms with Gasteiger partial charge in [0.1, 0.15) is 0 Å². The van der Waals surface area contributed by atoms with E-state index in [0.717, 1.165) is 35.6 Å². The van der Waals surface area contributed by atoms with Crippen molar-refractivity contribution in [1.82, 2.24) is 15.1 Å². The summed E-state index contributed by atoms with van der Waals surface area (Å²) >= 11 is 5.89. The summed E-state index contributed by atoms with van der Waals surface area (Å²) in [6.07, 6.45) is 1.25. The summed E-state index contributed by atoms with van der Waals surface area (Å²) < 4.78 is 59.1. The summed E-state index contributed by atoms with van der Waals surface area (Å²) in [7, 11) is -5.84. The zero-order valence-electron chi connectivity index (χ0n) is 21.5. The van der Waals surface area contributed by atoms with E-state index in [9.17, 15) is 16.8 Å². The molecule has 2 N–H and O–H groups in total. The van der Waals surface area contributed by atoms with Gasteiger partial charge in [0.25, 0.3) is 20.2 Å². The number of hydrogen-bond acceptors (Lipinski definition) is 8. The lowest BCUT2D eigenvalue weighted by atomic mass is 10.2. The Morgan fingerprint density at radius 3 is 1.61 bits per heavy atom. The zero-order chi connectivity index (χ0) is 28.3. The lowest BCUT2D eigenvalue weighted by Gasteiger charge is -2.32. The van der Waals surface area contributed by atoms with E-state index in [1.54, 1.807) is 24.3 Å². The van der Waals surface area contributed by atoms with Crippen LogP contribution in [0.1, 0.15) is 23.1 Å². The molecule has 1 aromatic heterocycles. The molecule has 0 radical (unpaired) electrons. The highest BCUT2D eigenvalue weighted by Gasteiger charge is 2.42. The SMILES string of the molecule is Cc1cc(N2C[C@@H]3C[C@H]2CN3C)nnc1Cl.Cc1ccc(S(=O)(=O)O)cc1.Cc1ccc(S(=O)(=O)O)cc1. The van der Waals surface area contributed by atoms with Crippen molar-refractivity contribution in [3.8, 4) is 0 Å². The molecule has 2 fully saturated rings. The molecular weight excluding hydrogens is 552 g/mol. The quantitative estimate of drug-likeness (QED) is 0.438. The molecule has 13 heteroatoms. The third kappa shape index (κ3) is 7.95. The summed E-state index contributed by atoms with van der Waals surface area (Å²) in [5.74, 6) is 0.975. The molecule has 0 amide bonds. The topological polar surface area (TPSA) is 141 Å². The second-order valence-corrected chi connectivity index (χ2v) is 12.6. The Morgan fingerprint density at radius 2 is 1.26 bits per heavy atom. The molecular formula is C25H31ClN4O6S2. The van der Waals surface area contributed by atoms with Gasteiger partial charge in [0.05, 0.1) is 9.79 Å². The number of hydrogen-bond donors (Lipinski definition) is 2. The molecule has 10 nitrogen and oxygen atoms in total. The fourth-order valence-corrected chi connectivity index (χ4v) is 5.22. The van der Waals surface area contributed by atoms with Crippen LogP contribution in [0, 0.1) is 20.8 Å². The average molecular weight is 583 g/mol. The molecule has 2 bridgehead atoms. The number of benzene rings is 2. The minimum atomic E-state index is -4.02. The second-order valence-electron chi connectivity index (χ2n) is 9.39. The van der Waals surface area contributed by atoms with Crippen molar-refractivity contribution in [2.75, 3.05) is 25.0 Å². The normalized spacial score (nSPS) is 18.9. The first kappa shape index (κ1) is 29.9. The Bertz CT molecular complexity index is 1390. The van der Waals surface area contributed by atoms with Gasteiger partial charge in [0.2, 0.25) is 0 Å². The third-order valence-electron chi connectivity index (χ3n) is 6.36. The maximum atomic E-state index is 10.5. The molecule has 0 spiro atoms. The average Bonchev–Trinajstić information content (AvgIpc) is 3.41. The molecule has 2 saturated heterocycles. The van der Waals surface area contributed by atoms with Crippen molar-refractivity contribution in [2.24, 2.45) is 0 Å². The monoisotopic (exact) mass is 582 g/mol. The number of likely N-dealkylation sites (N-methyl/N-ethyl adjacent to an activating group) is 1. The minimum absolute atomic E-state index is 0.0666. The van der Waals surface area contributed by atoms with Crippen LogP contribution in [0.2, 0.25) is 5.15 Å². The van der Waals surface area contributed by atoms with E-state index in [1.165, 1.54) is 30.7 Å². The van der Waals surface area contributed by atoms with Crippen LogP contribution in [0.5, 0.6) is 0 Å². The first-order valence-corrected chi connectivity index (χ1v) is 15.0. The van der Waals surface area contributed by atoms with Crippen LogP contribution in [-0.4, -0.2) is 73.3 Å². The van der Waals surface area contributed by atoms with Crippen molar-refractivity contribution in [1.29, 1.82) is 0 Å². The molecule has 5 rings (SSSR count). The lowest BCUT2D eigenvalue weighted by molar-refractivity contribution is 0.292. The fourth-order valence-electron chi connectivity index (χ4n) is 4.16. The van der Waals surface area contributed by atoms with Gasteiger partial charge in [-0.15, -0.1) is 10.2 Å². The van der Waals surface area contributed by atoms with E-state index in [1.807, 2.05) is 26.8 Å². The predicted octanol–water partition coefficient (Wildman–Crippen LogP) is 3.81. The van der Waals surface area contributed by atoms with Gasteiger partial charge in [-0.25, -0.2) is 0 Å². The van der Waals surface area contributed by atoms with E-state index >= 15 is 0 Å². The number of anilines is 1. The summed E-state index contributed by atoms with van der Waals surface area (Å²) in [5.41, 5.74) is 2.91. The zero-order valence-corrected chi connectivity index (χ0v) is 23.9. The first-order valence-electron chi connectivity index (χ1n) is 11.7. The number of piperazine rings is 1. The standard InChI is InChI=1S/C11H15ClN4.2C7H8O3S/c1-7-3-10(13-14-11(7)12)16-6-8-4-9(16)5-15(8)2;2*1-6-2-4-7(5-3-6)11(8,9)10/h3,8-9H,4-6H2,1-2H3;2*2-5H,1H3,(H,8,9,10)/t8-,9-;;/m0../s1. The molecule has 2 atom stereocenters. The van der Waals surface area contributed by atoms with Crippen molar-refractivity contribution < 1.29 is 25.9 Å².